The number of aromatic amines is 1. The van der Waals surface area contributed by atoms with Crippen LogP contribution in [0.1, 0.15) is 24.5 Å². The van der Waals surface area contributed by atoms with Crippen molar-refractivity contribution in [3.63, 3.8) is 0 Å². The quantitative estimate of drug-likeness (QED) is 0.579. The molecule has 1 N–H and O–H groups in total. The van der Waals surface area contributed by atoms with Crippen LogP contribution in [0, 0.1) is 0 Å². The maximum absolute atomic E-state index is 12.4. The van der Waals surface area contributed by atoms with Gasteiger partial charge < -0.3 is 9.88 Å². The zero-order chi connectivity index (χ0) is 19.1. The molecule has 1 fully saturated rings. The Morgan fingerprint density at radius 3 is 2.75 bits per heavy atom. The smallest absolute Gasteiger partial charge is 0.251 e. The number of nitrogens with zero attached hydrogens (tertiary/aromatic N) is 4. The Morgan fingerprint density at radius 2 is 1.96 bits per heavy atom. The number of hydrogen-bond acceptors (Lipinski definition) is 5. The Labute approximate surface area is 166 Å². The monoisotopic (exact) mass is 391 g/mol. The van der Waals surface area contributed by atoms with Crippen LogP contribution in [0.5, 0.6) is 0 Å². The number of rotatable bonds is 3. The minimum Gasteiger partial charge on any atom is -0.306 e. The molecule has 1 aliphatic rings. The molecule has 0 aliphatic carbocycles. The SMILES string of the molecule is CN1CCC(c2cc(=O)[nH]c3c(-c4nc(-c5ccccc5)cs4)cnn23)CC1. The van der Waals surface area contributed by atoms with Gasteiger partial charge in [-0.3, -0.25) is 4.79 Å². The van der Waals surface area contributed by atoms with E-state index in [9.17, 15) is 4.79 Å². The fourth-order valence-corrected chi connectivity index (χ4v) is 4.74. The molecular formula is C21H21N5OS. The molecule has 1 aromatic carbocycles. The molecule has 0 atom stereocenters. The minimum atomic E-state index is -0.0805. The summed E-state index contributed by atoms with van der Waals surface area (Å²) in [5.74, 6) is 0.352. The number of fused-ring (bicyclic) bond motifs is 1. The molecule has 4 aromatic rings. The minimum absolute atomic E-state index is 0.0805. The summed E-state index contributed by atoms with van der Waals surface area (Å²) in [5, 5.41) is 7.53. The average Bonchev–Trinajstić information content (AvgIpc) is 3.35. The molecule has 4 heterocycles. The first kappa shape index (κ1) is 17.3. The van der Waals surface area contributed by atoms with Crippen molar-refractivity contribution >= 4 is 17.0 Å². The van der Waals surface area contributed by atoms with E-state index in [1.807, 2.05) is 34.3 Å². The van der Waals surface area contributed by atoms with Crippen molar-refractivity contribution in [1.29, 1.82) is 0 Å². The van der Waals surface area contributed by atoms with Gasteiger partial charge in [0.2, 0.25) is 0 Å². The van der Waals surface area contributed by atoms with E-state index < -0.39 is 0 Å². The van der Waals surface area contributed by atoms with Gasteiger partial charge in [0.1, 0.15) is 10.7 Å². The molecule has 1 saturated heterocycles. The number of likely N-dealkylation sites (tertiary alicyclic amines) is 1. The Hall–Kier alpha value is -2.77. The maximum Gasteiger partial charge on any atom is 0.251 e. The van der Waals surface area contributed by atoms with Crippen LogP contribution in [-0.2, 0) is 0 Å². The molecule has 0 bridgehead atoms. The van der Waals surface area contributed by atoms with Crippen molar-refractivity contribution in [1.82, 2.24) is 24.5 Å². The van der Waals surface area contributed by atoms with Crippen molar-refractivity contribution in [3.05, 3.63) is 64.0 Å². The van der Waals surface area contributed by atoms with Crippen LogP contribution in [0.15, 0.2) is 52.8 Å². The van der Waals surface area contributed by atoms with E-state index in [0.29, 0.717) is 5.92 Å². The van der Waals surface area contributed by atoms with Crippen LogP contribution < -0.4 is 5.56 Å². The standard InChI is InChI=1S/C21H21N5OS/c1-25-9-7-15(8-10-25)18-11-19(27)24-20-16(12-22-26(18)20)21-23-17(13-28-21)14-5-3-2-4-6-14/h2-6,11-13,15H,7-10H2,1H3,(H,24,27). The van der Waals surface area contributed by atoms with Crippen molar-refractivity contribution in [3.8, 4) is 21.8 Å². The molecule has 0 amide bonds. The largest absolute Gasteiger partial charge is 0.306 e. The van der Waals surface area contributed by atoms with Crippen LogP contribution in [-0.4, -0.2) is 44.6 Å². The van der Waals surface area contributed by atoms with E-state index in [1.165, 1.54) is 0 Å². The summed E-state index contributed by atoms with van der Waals surface area (Å²) in [6.07, 6.45) is 3.90. The fraction of sp³-hybridized carbons (Fsp3) is 0.286. The molecule has 28 heavy (non-hydrogen) atoms. The van der Waals surface area contributed by atoms with E-state index in [-0.39, 0.29) is 5.56 Å². The molecule has 142 valence electrons. The van der Waals surface area contributed by atoms with Gasteiger partial charge in [0.15, 0.2) is 0 Å². The third-order valence-electron chi connectivity index (χ3n) is 5.48. The summed E-state index contributed by atoms with van der Waals surface area (Å²) in [7, 11) is 2.14. The number of H-pyrrole nitrogens is 1. The summed E-state index contributed by atoms with van der Waals surface area (Å²) < 4.78 is 1.90. The van der Waals surface area contributed by atoms with Gasteiger partial charge in [0.25, 0.3) is 5.56 Å². The van der Waals surface area contributed by atoms with Gasteiger partial charge in [-0.05, 0) is 33.0 Å². The topological polar surface area (TPSA) is 66.3 Å². The normalized spacial score (nSPS) is 16.0. The molecule has 0 saturated carbocycles. The summed E-state index contributed by atoms with van der Waals surface area (Å²) in [4.78, 5) is 22.5. The van der Waals surface area contributed by atoms with E-state index in [2.05, 4.69) is 34.2 Å². The zero-order valence-electron chi connectivity index (χ0n) is 15.6. The van der Waals surface area contributed by atoms with Crippen LogP contribution in [0.3, 0.4) is 0 Å². The van der Waals surface area contributed by atoms with Crippen molar-refractivity contribution in [2.45, 2.75) is 18.8 Å². The molecule has 5 rings (SSSR count). The third-order valence-corrected chi connectivity index (χ3v) is 6.35. The number of nitrogens with one attached hydrogen (secondary N) is 1. The Bertz CT molecular complexity index is 1170. The van der Waals surface area contributed by atoms with Gasteiger partial charge in [0.05, 0.1) is 23.1 Å². The number of hydrogen-bond donors (Lipinski definition) is 1. The Balaban J connectivity index is 1.57. The van der Waals surface area contributed by atoms with Gasteiger partial charge in [-0.1, -0.05) is 30.3 Å². The number of aromatic nitrogens is 4. The first-order chi connectivity index (χ1) is 13.7. The zero-order valence-corrected chi connectivity index (χ0v) is 16.4. The third kappa shape index (κ3) is 3.06. The second-order valence-corrected chi connectivity index (χ2v) is 8.22. The first-order valence-electron chi connectivity index (χ1n) is 9.50. The highest BCUT2D eigenvalue weighted by Gasteiger charge is 2.23. The predicted octanol–water partition coefficient (Wildman–Crippen LogP) is 3.62. The molecule has 7 heteroatoms. The number of piperidine rings is 1. The fourth-order valence-electron chi connectivity index (χ4n) is 3.90. The van der Waals surface area contributed by atoms with Crippen LogP contribution >= 0.6 is 11.3 Å². The predicted molar refractivity (Wildman–Crippen MR) is 112 cm³/mol. The lowest BCUT2D eigenvalue weighted by atomic mass is 9.93. The highest BCUT2D eigenvalue weighted by Crippen LogP contribution is 2.32. The first-order valence-corrected chi connectivity index (χ1v) is 10.4. The molecule has 0 unspecified atom stereocenters. The van der Waals surface area contributed by atoms with Gasteiger partial charge in [-0.25, -0.2) is 9.50 Å². The summed E-state index contributed by atoms with van der Waals surface area (Å²) in [6.45, 7) is 2.08. The number of benzene rings is 1. The van der Waals surface area contributed by atoms with E-state index >= 15 is 0 Å². The van der Waals surface area contributed by atoms with Gasteiger partial charge in [-0.15, -0.1) is 11.3 Å². The Morgan fingerprint density at radius 1 is 1.18 bits per heavy atom. The highest BCUT2D eigenvalue weighted by atomic mass is 32.1. The number of thiazole rings is 1. The van der Waals surface area contributed by atoms with E-state index in [0.717, 1.165) is 59.1 Å². The second-order valence-electron chi connectivity index (χ2n) is 7.36. The molecule has 6 nitrogen and oxygen atoms in total. The lowest BCUT2D eigenvalue weighted by molar-refractivity contribution is 0.252. The summed E-state index contributed by atoms with van der Waals surface area (Å²) in [6, 6.07) is 11.8. The molecule has 0 radical (unpaired) electrons. The lowest BCUT2D eigenvalue weighted by Crippen LogP contribution is -2.30. The Kier molecular flexibility index (Phi) is 4.33. The molecule has 3 aromatic heterocycles. The highest BCUT2D eigenvalue weighted by molar-refractivity contribution is 7.13. The van der Waals surface area contributed by atoms with Gasteiger partial charge >= 0.3 is 0 Å². The van der Waals surface area contributed by atoms with E-state index in [4.69, 9.17) is 4.98 Å². The van der Waals surface area contributed by atoms with Crippen LogP contribution in [0.4, 0.5) is 0 Å². The molecule has 1 aliphatic heterocycles. The van der Waals surface area contributed by atoms with Crippen molar-refractivity contribution < 1.29 is 0 Å². The van der Waals surface area contributed by atoms with Gasteiger partial charge in [-0.2, -0.15) is 5.10 Å². The second kappa shape index (κ2) is 7.00. The van der Waals surface area contributed by atoms with E-state index in [1.54, 1.807) is 17.4 Å². The summed E-state index contributed by atoms with van der Waals surface area (Å²) in [5.41, 5.74) is 4.55. The molecular weight excluding hydrogens is 370 g/mol. The lowest BCUT2D eigenvalue weighted by Gasteiger charge is -2.29. The van der Waals surface area contributed by atoms with Gasteiger partial charge in [0, 0.05) is 22.9 Å². The molecule has 0 spiro atoms. The average molecular weight is 392 g/mol. The van der Waals surface area contributed by atoms with Crippen molar-refractivity contribution in [2.24, 2.45) is 0 Å². The van der Waals surface area contributed by atoms with Crippen molar-refractivity contribution in [2.75, 3.05) is 20.1 Å². The van der Waals surface area contributed by atoms with Crippen LogP contribution in [0.2, 0.25) is 0 Å². The maximum atomic E-state index is 12.4. The summed E-state index contributed by atoms with van der Waals surface area (Å²) >= 11 is 1.57. The van der Waals surface area contributed by atoms with Crippen LogP contribution in [0.25, 0.3) is 27.5 Å².